The molecule has 3 N–H and O–H groups in total. The van der Waals surface area contributed by atoms with Crippen LogP contribution in [0, 0.1) is 29.2 Å². The molecule has 1 unspecified atom stereocenters. The number of benzene rings is 2. The van der Waals surface area contributed by atoms with Crippen LogP contribution in [0.5, 0.6) is 5.75 Å². The van der Waals surface area contributed by atoms with E-state index in [1.165, 1.54) is 10.6 Å². The summed E-state index contributed by atoms with van der Waals surface area (Å²) in [5, 5.41) is 14.6. The van der Waals surface area contributed by atoms with Crippen LogP contribution in [0.25, 0.3) is 10.9 Å². The van der Waals surface area contributed by atoms with Gasteiger partial charge in [0.2, 0.25) is 17.5 Å². The first-order chi connectivity index (χ1) is 21.4. The van der Waals surface area contributed by atoms with Crippen LogP contribution < -0.4 is 15.4 Å². The van der Waals surface area contributed by atoms with Crippen LogP contribution >= 0.6 is 0 Å². The molecule has 11 nitrogen and oxygen atoms in total. The summed E-state index contributed by atoms with van der Waals surface area (Å²) in [4.78, 5) is 63.7. The number of hydrogen-bond acceptors (Lipinski definition) is 7. The normalized spacial score (nSPS) is 12.8. The molecule has 0 aliphatic carbocycles. The highest BCUT2D eigenvalue weighted by molar-refractivity contribution is 6.02. The first-order valence-corrected chi connectivity index (χ1v) is 14.0. The Morgan fingerprint density at radius 1 is 0.935 bits per heavy atom. The first-order valence-electron chi connectivity index (χ1n) is 14.0. The number of Topliss-reactive ketones (excluding diaryl/α,β-unsaturated/α-hetero) is 1. The van der Waals surface area contributed by atoms with Crippen LogP contribution in [0.4, 0.5) is 17.6 Å². The molecule has 0 saturated carbocycles. The minimum atomic E-state index is -1.92. The molecule has 2 atom stereocenters. The summed E-state index contributed by atoms with van der Waals surface area (Å²) < 4.78 is 66.4. The minimum absolute atomic E-state index is 0.00319. The predicted molar refractivity (Wildman–Crippen MR) is 155 cm³/mol. The minimum Gasteiger partial charge on any atom is -0.481 e. The molecule has 0 radical (unpaired) electrons. The number of carboxylic acids is 1. The lowest BCUT2D eigenvalue weighted by molar-refractivity contribution is -0.155. The van der Waals surface area contributed by atoms with Gasteiger partial charge in [-0.3, -0.25) is 24.0 Å². The van der Waals surface area contributed by atoms with E-state index >= 15 is 0 Å². The van der Waals surface area contributed by atoms with Crippen LogP contribution in [0.1, 0.15) is 51.5 Å². The monoisotopic (exact) mass is 651 g/mol. The topological polar surface area (TPSA) is 153 Å². The van der Waals surface area contributed by atoms with Crippen molar-refractivity contribution < 1.29 is 56.1 Å². The molecule has 46 heavy (non-hydrogen) atoms. The average Bonchev–Trinajstić information content (AvgIpc) is 3.30. The Morgan fingerprint density at radius 2 is 1.54 bits per heavy atom. The molecule has 1 aromatic heterocycles. The zero-order chi connectivity index (χ0) is 34.5. The third kappa shape index (κ3) is 8.82. The number of fused-ring (bicyclic) bond motifs is 1. The molecule has 0 aliphatic rings. The van der Waals surface area contributed by atoms with E-state index in [-0.39, 0.29) is 18.3 Å². The van der Waals surface area contributed by atoms with Crippen LogP contribution in [0.2, 0.25) is 0 Å². The Bertz CT molecular complexity index is 1640. The molecular weight excluding hydrogens is 618 g/mol. The van der Waals surface area contributed by atoms with E-state index in [1.807, 2.05) is 0 Å². The van der Waals surface area contributed by atoms with Gasteiger partial charge in [0.25, 0.3) is 5.91 Å². The van der Waals surface area contributed by atoms with Gasteiger partial charge in [-0.25, -0.2) is 8.78 Å². The number of carboxylic acid groups (broad SMARTS) is 1. The molecule has 2 aromatic carbocycles. The van der Waals surface area contributed by atoms with E-state index in [0.717, 1.165) is 0 Å². The third-order valence-electron chi connectivity index (χ3n) is 6.50. The van der Waals surface area contributed by atoms with Crippen molar-refractivity contribution >= 4 is 40.4 Å². The Kier molecular flexibility index (Phi) is 11.1. The molecule has 0 aliphatic heterocycles. The molecule has 15 heteroatoms. The maximum Gasteiger partial charge on any atom is 0.326 e. The molecule has 0 bridgehead atoms. The van der Waals surface area contributed by atoms with Crippen LogP contribution in [-0.4, -0.2) is 63.5 Å². The molecule has 2 amide bonds. The molecule has 0 fully saturated rings. The summed E-state index contributed by atoms with van der Waals surface area (Å²) >= 11 is 0. The number of ether oxygens (including phenoxy) is 2. The molecule has 248 valence electrons. The van der Waals surface area contributed by atoms with Gasteiger partial charge in [-0.2, -0.15) is 8.78 Å². The Balaban J connectivity index is 1.82. The van der Waals surface area contributed by atoms with Gasteiger partial charge < -0.3 is 29.8 Å². The van der Waals surface area contributed by atoms with E-state index in [1.54, 1.807) is 58.9 Å². The van der Waals surface area contributed by atoms with Gasteiger partial charge in [0.15, 0.2) is 23.2 Å². The number of aromatic nitrogens is 1. The molecule has 3 aromatic rings. The van der Waals surface area contributed by atoms with Crippen molar-refractivity contribution in [1.29, 1.82) is 0 Å². The second-order valence-electron chi connectivity index (χ2n) is 11.7. The maximum atomic E-state index is 14.0. The number of amides is 2. The lowest BCUT2D eigenvalue weighted by Gasteiger charge is -2.25. The van der Waals surface area contributed by atoms with Gasteiger partial charge in [0.05, 0.1) is 6.42 Å². The van der Waals surface area contributed by atoms with Crippen LogP contribution in [-0.2, 0) is 30.5 Å². The highest BCUT2D eigenvalue weighted by Gasteiger charge is 2.32. The zero-order valence-electron chi connectivity index (χ0n) is 25.6. The SMILES string of the molecule is CC(C)[C@H](NC(=O)c1cc2ccccc2n1CC(=O)OC(C)(C)C)C(=O)NC(CC(=O)O)C(=O)COc1c(F)c(F)cc(F)c1F. The molecular formula is C31H33F4N3O8. The largest absolute Gasteiger partial charge is 0.481 e. The number of carbonyl (C=O) groups excluding carboxylic acids is 4. The third-order valence-corrected chi connectivity index (χ3v) is 6.50. The molecule has 0 saturated heterocycles. The lowest BCUT2D eigenvalue weighted by Crippen LogP contribution is -2.54. The van der Waals surface area contributed by atoms with Crippen molar-refractivity contribution in [1.82, 2.24) is 15.2 Å². The van der Waals surface area contributed by atoms with Crippen molar-refractivity contribution in [3.63, 3.8) is 0 Å². The second-order valence-corrected chi connectivity index (χ2v) is 11.7. The smallest absolute Gasteiger partial charge is 0.326 e. The van der Waals surface area contributed by atoms with Gasteiger partial charge in [-0.15, -0.1) is 0 Å². The summed E-state index contributed by atoms with van der Waals surface area (Å²) in [6.45, 7) is 6.57. The zero-order valence-corrected chi connectivity index (χ0v) is 25.6. The fourth-order valence-electron chi connectivity index (χ4n) is 4.43. The van der Waals surface area contributed by atoms with E-state index in [2.05, 4.69) is 15.4 Å². The number of ketones is 1. The number of hydrogen-bond donors (Lipinski definition) is 3. The number of para-hydroxylation sites is 1. The van der Waals surface area contributed by atoms with Crippen molar-refractivity contribution in [3.8, 4) is 5.75 Å². The maximum absolute atomic E-state index is 14.0. The average molecular weight is 652 g/mol. The highest BCUT2D eigenvalue weighted by Crippen LogP contribution is 2.26. The Labute approximate surface area is 260 Å². The van der Waals surface area contributed by atoms with Gasteiger partial charge in [-0.05, 0) is 38.8 Å². The van der Waals surface area contributed by atoms with Gasteiger partial charge in [0, 0.05) is 17.0 Å². The standard InChI is InChI=1S/C31H33F4N3O8/c1-15(2)27(37-29(43)21-10-16-8-6-7-9-20(16)38(21)13-24(42)46-31(3,4)5)30(44)36-19(12-23(40)41)22(39)14-45-28-25(34)17(32)11-18(33)26(28)35/h6-11,15,19,27H,12-14H2,1-5H3,(H,36,44)(H,37,43)(H,40,41)/t19?,27-/m0/s1. The number of rotatable bonds is 13. The van der Waals surface area contributed by atoms with Gasteiger partial charge >= 0.3 is 11.9 Å². The number of halogens is 4. The van der Waals surface area contributed by atoms with Gasteiger partial charge in [0.1, 0.15) is 36.5 Å². The Hall–Kier alpha value is -4.95. The van der Waals surface area contributed by atoms with Crippen molar-refractivity contribution in [2.45, 2.75) is 65.3 Å². The summed E-state index contributed by atoms with van der Waals surface area (Å²) in [6.07, 6.45) is -1.00. The van der Waals surface area contributed by atoms with E-state index < -0.39 is 95.2 Å². The highest BCUT2D eigenvalue weighted by atomic mass is 19.2. The molecule has 3 rings (SSSR count). The molecule has 1 heterocycles. The van der Waals surface area contributed by atoms with Crippen LogP contribution in [0.3, 0.4) is 0 Å². The summed E-state index contributed by atoms with van der Waals surface area (Å²) in [7, 11) is 0. The second kappa shape index (κ2) is 14.4. The number of nitrogens with one attached hydrogen (secondary N) is 2. The fraction of sp³-hybridized carbons (Fsp3) is 0.387. The van der Waals surface area contributed by atoms with E-state index in [4.69, 9.17) is 4.74 Å². The summed E-state index contributed by atoms with van der Waals surface area (Å²) in [5.41, 5.74) is -0.265. The first kappa shape index (κ1) is 35.5. The number of nitrogens with zero attached hydrogens (tertiary/aromatic N) is 1. The van der Waals surface area contributed by atoms with Gasteiger partial charge in [-0.1, -0.05) is 32.0 Å². The fourth-order valence-corrected chi connectivity index (χ4v) is 4.43. The quantitative estimate of drug-likeness (QED) is 0.143. The van der Waals surface area contributed by atoms with Crippen molar-refractivity contribution in [2.24, 2.45) is 5.92 Å². The summed E-state index contributed by atoms with van der Waals surface area (Å²) in [6, 6.07) is 5.09. The number of esters is 1. The predicted octanol–water partition coefficient (Wildman–Crippen LogP) is 3.90. The number of carbonyl (C=O) groups is 5. The van der Waals surface area contributed by atoms with Crippen molar-refractivity contribution in [2.75, 3.05) is 6.61 Å². The summed E-state index contributed by atoms with van der Waals surface area (Å²) in [5.74, 6) is -14.7. The van der Waals surface area contributed by atoms with Crippen LogP contribution in [0.15, 0.2) is 36.4 Å². The van der Waals surface area contributed by atoms with E-state index in [0.29, 0.717) is 10.9 Å². The Morgan fingerprint density at radius 3 is 2.11 bits per heavy atom. The number of aliphatic carboxylic acids is 1. The van der Waals surface area contributed by atoms with Crippen molar-refractivity contribution in [3.05, 3.63) is 65.4 Å². The molecule has 0 spiro atoms. The van der Waals surface area contributed by atoms with E-state index in [9.17, 15) is 46.6 Å². The lowest BCUT2D eigenvalue weighted by atomic mass is 10.0.